The van der Waals surface area contributed by atoms with Crippen molar-refractivity contribution in [2.75, 3.05) is 13.1 Å². The minimum absolute atomic E-state index is 0.109. The predicted molar refractivity (Wildman–Crippen MR) is 85.1 cm³/mol. The van der Waals surface area contributed by atoms with E-state index >= 15 is 0 Å². The zero-order valence-corrected chi connectivity index (χ0v) is 13.4. The van der Waals surface area contributed by atoms with Crippen LogP contribution in [0.4, 0.5) is 0 Å². The minimum Gasteiger partial charge on any atom is -0.410 e. The van der Waals surface area contributed by atoms with Crippen LogP contribution in [0, 0.1) is 0 Å². The van der Waals surface area contributed by atoms with Crippen molar-refractivity contribution in [1.29, 1.82) is 0 Å². The van der Waals surface area contributed by atoms with Gasteiger partial charge in [-0.25, -0.2) is 4.58 Å². The van der Waals surface area contributed by atoms with E-state index < -0.39 is 0 Å². The third-order valence-electron chi connectivity index (χ3n) is 3.88. The van der Waals surface area contributed by atoms with Crippen molar-refractivity contribution >= 4 is 6.40 Å². The van der Waals surface area contributed by atoms with E-state index in [1.807, 2.05) is 6.40 Å². The Balaban J connectivity index is 2.33. The van der Waals surface area contributed by atoms with Crippen LogP contribution in [0.5, 0.6) is 5.75 Å². The molecule has 1 heterocycles. The van der Waals surface area contributed by atoms with Gasteiger partial charge in [-0.2, -0.15) is 0 Å². The number of hydrogen-bond acceptors (Lipinski definition) is 1. The molecule has 2 rings (SSSR count). The van der Waals surface area contributed by atoms with Crippen molar-refractivity contribution in [2.45, 2.75) is 58.8 Å². The smallest absolute Gasteiger partial charge is 0.329 e. The van der Waals surface area contributed by atoms with E-state index in [2.05, 4.69) is 50.5 Å². The lowest BCUT2D eigenvalue weighted by atomic mass is 9.84. The van der Waals surface area contributed by atoms with E-state index in [1.165, 1.54) is 24.0 Å². The van der Waals surface area contributed by atoms with Gasteiger partial charge in [-0.15, -0.1) is 0 Å². The molecule has 0 radical (unpaired) electrons. The first kappa shape index (κ1) is 15.1. The Bertz CT molecular complexity index is 475. The number of para-hydroxylation sites is 1. The molecule has 0 amide bonds. The van der Waals surface area contributed by atoms with Crippen molar-refractivity contribution < 1.29 is 9.31 Å². The van der Waals surface area contributed by atoms with Gasteiger partial charge in [-0.3, -0.25) is 0 Å². The van der Waals surface area contributed by atoms with Gasteiger partial charge in [0, 0.05) is 18.4 Å². The Morgan fingerprint density at radius 2 is 1.90 bits per heavy atom. The van der Waals surface area contributed by atoms with E-state index in [-0.39, 0.29) is 5.41 Å². The van der Waals surface area contributed by atoms with Gasteiger partial charge < -0.3 is 4.74 Å². The Morgan fingerprint density at radius 1 is 1.20 bits per heavy atom. The molecule has 0 saturated carbocycles. The molecule has 110 valence electrons. The average Bonchev–Trinajstić information content (AvgIpc) is 2.89. The molecule has 1 aromatic carbocycles. The molecule has 0 bridgehead atoms. The van der Waals surface area contributed by atoms with Crippen LogP contribution >= 0.6 is 0 Å². The van der Waals surface area contributed by atoms with Gasteiger partial charge in [-0.05, 0) is 17.4 Å². The summed E-state index contributed by atoms with van der Waals surface area (Å²) in [6.07, 6.45) is 6.72. The van der Waals surface area contributed by atoms with Gasteiger partial charge in [0.15, 0.2) is 0 Å². The van der Waals surface area contributed by atoms with Crippen molar-refractivity contribution in [2.24, 2.45) is 0 Å². The van der Waals surface area contributed by atoms with Crippen molar-refractivity contribution in [3.05, 3.63) is 29.3 Å². The number of ether oxygens (including phenoxy) is 1. The molecule has 1 fully saturated rings. The summed E-state index contributed by atoms with van der Waals surface area (Å²) < 4.78 is 8.42. The number of hydrogen-bond donors (Lipinski definition) is 0. The summed E-state index contributed by atoms with van der Waals surface area (Å²) in [5.41, 5.74) is 2.74. The maximum absolute atomic E-state index is 6.13. The second-order valence-corrected chi connectivity index (χ2v) is 6.76. The molecule has 1 aliphatic rings. The van der Waals surface area contributed by atoms with E-state index in [1.54, 1.807) is 0 Å². The molecule has 0 N–H and O–H groups in total. The zero-order valence-electron chi connectivity index (χ0n) is 13.4. The van der Waals surface area contributed by atoms with Crippen molar-refractivity contribution in [1.82, 2.24) is 0 Å². The number of aryl methyl sites for hydroxylation is 1. The molecule has 1 aromatic rings. The highest BCUT2D eigenvalue weighted by atomic mass is 16.5. The minimum atomic E-state index is 0.109. The molecule has 20 heavy (non-hydrogen) atoms. The summed E-state index contributed by atoms with van der Waals surface area (Å²) in [7, 11) is 0. The first-order valence-electron chi connectivity index (χ1n) is 7.89. The Morgan fingerprint density at radius 3 is 2.50 bits per heavy atom. The van der Waals surface area contributed by atoms with Gasteiger partial charge >= 0.3 is 6.40 Å². The lowest BCUT2D eigenvalue weighted by Gasteiger charge is -2.23. The monoisotopic (exact) mass is 274 g/mol. The fourth-order valence-corrected chi connectivity index (χ4v) is 2.76. The summed E-state index contributed by atoms with van der Waals surface area (Å²) in [6, 6.07) is 6.56. The van der Waals surface area contributed by atoms with Crippen LogP contribution in [-0.2, 0) is 11.8 Å². The predicted octanol–water partition coefficient (Wildman–Crippen LogP) is 4.15. The highest BCUT2D eigenvalue weighted by Gasteiger charge is 2.22. The fraction of sp³-hybridized carbons (Fsp3) is 0.611. The molecule has 0 atom stereocenters. The molecule has 2 nitrogen and oxygen atoms in total. The van der Waals surface area contributed by atoms with Gasteiger partial charge in [-0.1, -0.05) is 52.3 Å². The second-order valence-electron chi connectivity index (χ2n) is 6.76. The maximum Gasteiger partial charge on any atom is 0.329 e. The standard InChI is InChI=1S/C18H28NO/c1-5-9-15-10-8-11-16(18(2,3)4)17(15)20-14-19-12-6-7-13-19/h8,10-11,14H,5-7,9,12-13H2,1-4H3/q+1. The van der Waals surface area contributed by atoms with Crippen LogP contribution in [0.1, 0.15) is 58.1 Å². The molecule has 1 saturated heterocycles. The number of nitrogens with zero attached hydrogens (tertiary/aromatic N) is 1. The second kappa shape index (κ2) is 6.43. The van der Waals surface area contributed by atoms with Crippen LogP contribution in [0.2, 0.25) is 0 Å². The summed E-state index contributed by atoms with van der Waals surface area (Å²) in [4.78, 5) is 0. The Hall–Kier alpha value is -1.31. The lowest BCUT2D eigenvalue weighted by molar-refractivity contribution is -0.507. The molecular formula is C18H28NO+. The van der Waals surface area contributed by atoms with E-state index in [9.17, 15) is 0 Å². The van der Waals surface area contributed by atoms with E-state index in [4.69, 9.17) is 4.74 Å². The van der Waals surface area contributed by atoms with Crippen LogP contribution in [0.3, 0.4) is 0 Å². The first-order chi connectivity index (χ1) is 9.52. The first-order valence-corrected chi connectivity index (χ1v) is 7.89. The van der Waals surface area contributed by atoms with Gasteiger partial charge in [0.25, 0.3) is 0 Å². The topological polar surface area (TPSA) is 12.2 Å². The number of rotatable bonds is 4. The Kier molecular flexibility index (Phi) is 4.85. The van der Waals surface area contributed by atoms with E-state index in [0.717, 1.165) is 31.7 Å². The lowest BCUT2D eigenvalue weighted by Crippen LogP contribution is -2.17. The third kappa shape index (κ3) is 3.62. The van der Waals surface area contributed by atoms with Crippen LogP contribution in [-0.4, -0.2) is 24.1 Å². The SMILES string of the molecule is CCCc1cccc(C(C)(C)C)c1OC=[N+]1CCCC1. The molecular weight excluding hydrogens is 246 g/mol. The quantitative estimate of drug-likeness (QED) is 0.593. The molecule has 0 spiro atoms. The van der Waals surface area contributed by atoms with E-state index in [0.29, 0.717) is 0 Å². The van der Waals surface area contributed by atoms with Gasteiger partial charge in [0.05, 0.1) is 0 Å². The molecule has 0 aromatic heterocycles. The summed E-state index contributed by atoms with van der Waals surface area (Å²) in [5.74, 6) is 1.08. The Labute approximate surface area is 123 Å². The highest BCUT2D eigenvalue weighted by molar-refractivity contribution is 5.54. The normalized spacial score (nSPS) is 15.5. The zero-order chi connectivity index (χ0) is 14.6. The highest BCUT2D eigenvalue weighted by Crippen LogP contribution is 2.34. The third-order valence-corrected chi connectivity index (χ3v) is 3.88. The van der Waals surface area contributed by atoms with Crippen LogP contribution in [0.25, 0.3) is 0 Å². The van der Waals surface area contributed by atoms with Crippen molar-refractivity contribution in [3.63, 3.8) is 0 Å². The number of benzene rings is 1. The molecule has 0 aliphatic carbocycles. The molecule has 0 unspecified atom stereocenters. The maximum atomic E-state index is 6.13. The summed E-state index contributed by atoms with van der Waals surface area (Å²) in [5, 5.41) is 0. The van der Waals surface area contributed by atoms with Crippen LogP contribution in [0.15, 0.2) is 18.2 Å². The fourth-order valence-electron chi connectivity index (χ4n) is 2.76. The largest absolute Gasteiger partial charge is 0.410 e. The van der Waals surface area contributed by atoms with Crippen LogP contribution < -0.4 is 4.74 Å². The average molecular weight is 274 g/mol. The molecule has 2 heteroatoms. The summed E-state index contributed by atoms with van der Waals surface area (Å²) in [6.45, 7) is 11.2. The van der Waals surface area contributed by atoms with Crippen molar-refractivity contribution in [3.8, 4) is 5.75 Å². The van der Waals surface area contributed by atoms with Gasteiger partial charge in [0.1, 0.15) is 18.8 Å². The molecule has 1 aliphatic heterocycles. The summed E-state index contributed by atoms with van der Waals surface area (Å²) >= 11 is 0. The van der Waals surface area contributed by atoms with Gasteiger partial charge in [0.2, 0.25) is 0 Å².